The molecule has 0 saturated carbocycles. The number of aryl methyl sites for hydroxylation is 2. The molecule has 1 aromatic carbocycles. The van der Waals surface area contributed by atoms with Gasteiger partial charge in [-0.25, -0.2) is 4.98 Å². The van der Waals surface area contributed by atoms with E-state index in [1.165, 1.54) is 16.8 Å². The number of amides is 1. The van der Waals surface area contributed by atoms with Crippen molar-refractivity contribution in [3.05, 3.63) is 88.7 Å². The van der Waals surface area contributed by atoms with E-state index >= 15 is 0 Å². The standard InChI is InChI=1S/C25H22N4O5/c30-21(31)8-12-27-24(33)22-23(32)19-14-18(17-6-10-26-11-7-17)25(34)29(20(19)15-28-22)13-9-16-4-2-1-3-5-16/h1-7,10-11,14-15,32H,8-9,12-13H2,(H,27,33)(H,30,31). The normalized spacial score (nSPS) is 10.8. The average molecular weight is 458 g/mol. The second-order valence-corrected chi connectivity index (χ2v) is 7.64. The number of carboxylic acid groups (broad SMARTS) is 1. The van der Waals surface area contributed by atoms with Crippen molar-refractivity contribution in [1.82, 2.24) is 19.9 Å². The molecular formula is C25H22N4O5. The first-order valence-corrected chi connectivity index (χ1v) is 10.7. The molecule has 0 saturated heterocycles. The predicted molar refractivity (Wildman–Crippen MR) is 126 cm³/mol. The maximum absolute atomic E-state index is 13.4. The van der Waals surface area contributed by atoms with E-state index in [0.29, 0.717) is 29.6 Å². The summed E-state index contributed by atoms with van der Waals surface area (Å²) in [5.74, 6) is -2.14. The summed E-state index contributed by atoms with van der Waals surface area (Å²) in [6.07, 6.45) is 4.84. The third-order valence-electron chi connectivity index (χ3n) is 5.42. The van der Waals surface area contributed by atoms with Crippen molar-refractivity contribution in [2.75, 3.05) is 6.54 Å². The largest absolute Gasteiger partial charge is 0.505 e. The van der Waals surface area contributed by atoms with Gasteiger partial charge in [0.05, 0.1) is 18.1 Å². The van der Waals surface area contributed by atoms with Crippen molar-refractivity contribution in [2.24, 2.45) is 0 Å². The molecular weight excluding hydrogens is 436 g/mol. The van der Waals surface area contributed by atoms with Crippen LogP contribution in [-0.2, 0) is 17.8 Å². The lowest BCUT2D eigenvalue weighted by Gasteiger charge is -2.15. The summed E-state index contributed by atoms with van der Waals surface area (Å²) in [6, 6.07) is 14.6. The quantitative estimate of drug-likeness (QED) is 0.369. The Labute approximate surface area is 194 Å². The number of carbonyl (C=O) groups excluding carboxylic acids is 1. The van der Waals surface area contributed by atoms with Gasteiger partial charge in [0.15, 0.2) is 11.4 Å². The molecule has 3 heterocycles. The average Bonchev–Trinajstić information content (AvgIpc) is 2.84. The molecule has 4 rings (SSSR count). The molecule has 1 amide bonds. The zero-order valence-corrected chi connectivity index (χ0v) is 18.1. The summed E-state index contributed by atoms with van der Waals surface area (Å²) in [6.45, 7) is 0.232. The molecule has 0 bridgehead atoms. The Morgan fingerprint density at radius 2 is 1.79 bits per heavy atom. The number of nitrogens with one attached hydrogen (secondary N) is 1. The monoisotopic (exact) mass is 458 g/mol. The highest BCUT2D eigenvalue weighted by molar-refractivity contribution is 6.01. The second kappa shape index (κ2) is 9.95. The number of rotatable bonds is 8. The fraction of sp³-hybridized carbons (Fsp3) is 0.160. The number of carboxylic acids is 1. The number of carbonyl (C=O) groups is 2. The number of nitrogens with zero attached hydrogens (tertiary/aromatic N) is 3. The number of fused-ring (bicyclic) bond motifs is 1. The van der Waals surface area contributed by atoms with Crippen LogP contribution in [0.2, 0.25) is 0 Å². The van der Waals surface area contributed by atoms with Gasteiger partial charge < -0.3 is 20.1 Å². The van der Waals surface area contributed by atoms with Gasteiger partial charge in [0.2, 0.25) is 0 Å². The number of hydrogen-bond donors (Lipinski definition) is 3. The van der Waals surface area contributed by atoms with Gasteiger partial charge >= 0.3 is 5.97 Å². The molecule has 0 aliphatic carbocycles. The first-order valence-electron chi connectivity index (χ1n) is 10.7. The number of benzene rings is 1. The maximum Gasteiger partial charge on any atom is 0.305 e. The lowest BCUT2D eigenvalue weighted by atomic mass is 10.0. The van der Waals surface area contributed by atoms with E-state index in [-0.39, 0.29) is 35.4 Å². The van der Waals surface area contributed by atoms with Crippen molar-refractivity contribution < 1.29 is 19.8 Å². The number of aromatic nitrogens is 3. The summed E-state index contributed by atoms with van der Waals surface area (Å²) < 4.78 is 1.54. The molecule has 0 fully saturated rings. The Kier molecular flexibility index (Phi) is 6.63. The van der Waals surface area contributed by atoms with Crippen LogP contribution in [0.25, 0.3) is 22.0 Å². The minimum Gasteiger partial charge on any atom is -0.505 e. The van der Waals surface area contributed by atoms with E-state index in [1.54, 1.807) is 24.5 Å². The van der Waals surface area contributed by atoms with Crippen LogP contribution in [0.5, 0.6) is 5.75 Å². The highest BCUT2D eigenvalue weighted by Crippen LogP contribution is 2.29. The fourth-order valence-corrected chi connectivity index (χ4v) is 3.70. The molecule has 0 radical (unpaired) electrons. The van der Waals surface area contributed by atoms with Crippen LogP contribution < -0.4 is 10.9 Å². The van der Waals surface area contributed by atoms with E-state index < -0.39 is 11.9 Å². The number of aromatic hydroxyl groups is 1. The summed E-state index contributed by atoms with van der Waals surface area (Å²) in [7, 11) is 0. The smallest absolute Gasteiger partial charge is 0.305 e. The minimum absolute atomic E-state index is 0.105. The van der Waals surface area contributed by atoms with Crippen molar-refractivity contribution in [3.8, 4) is 16.9 Å². The predicted octanol–water partition coefficient (Wildman–Crippen LogP) is 2.61. The van der Waals surface area contributed by atoms with Gasteiger partial charge in [-0.3, -0.25) is 19.4 Å². The van der Waals surface area contributed by atoms with E-state index in [2.05, 4.69) is 15.3 Å². The summed E-state index contributed by atoms with van der Waals surface area (Å²) in [4.78, 5) is 44.7. The van der Waals surface area contributed by atoms with Gasteiger partial charge in [-0.1, -0.05) is 30.3 Å². The molecule has 9 nitrogen and oxygen atoms in total. The Hall–Kier alpha value is -4.53. The minimum atomic E-state index is -1.06. The van der Waals surface area contributed by atoms with E-state index in [1.807, 2.05) is 30.3 Å². The SMILES string of the molecule is O=C(O)CCNC(=O)c1ncc2c(cc(-c3ccncc3)c(=O)n2CCc2ccccc2)c1O. The zero-order valence-electron chi connectivity index (χ0n) is 18.1. The van der Waals surface area contributed by atoms with Crippen LogP contribution in [0.15, 0.2) is 71.9 Å². The van der Waals surface area contributed by atoms with Gasteiger partial charge in [0.1, 0.15) is 0 Å². The van der Waals surface area contributed by atoms with Crippen LogP contribution in [0, 0.1) is 0 Å². The van der Waals surface area contributed by atoms with E-state index in [0.717, 1.165) is 5.56 Å². The van der Waals surface area contributed by atoms with Gasteiger partial charge in [-0.15, -0.1) is 0 Å². The topological polar surface area (TPSA) is 134 Å². The lowest BCUT2D eigenvalue weighted by molar-refractivity contribution is -0.136. The summed E-state index contributed by atoms with van der Waals surface area (Å²) in [5.41, 5.74) is 1.91. The maximum atomic E-state index is 13.4. The molecule has 34 heavy (non-hydrogen) atoms. The molecule has 4 aromatic rings. The van der Waals surface area contributed by atoms with E-state index in [9.17, 15) is 19.5 Å². The van der Waals surface area contributed by atoms with Crippen LogP contribution in [0.3, 0.4) is 0 Å². The third-order valence-corrected chi connectivity index (χ3v) is 5.42. The van der Waals surface area contributed by atoms with Crippen LogP contribution in [0.4, 0.5) is 0 Å². The first-order chi connectivity index (χ1) is 16.5. The number of hydrogen-bond acceptors (Lipinski definition) is 6. The second-order valence-electron chi connectivity index (χ2n) is 7.64. The molecule has 0 unspecified atom stereocenters. The Balaban J connectivity index is 1.81. The van der Waals surface area contributed by atoms with Crippen molar-refractivity contribution in [2.45, 2.75) is 19.4 Å². The Bertz CT molecular complexity index is 1400. The van der Waals surface area contributed by atoms with Gasteiger partial charge in [-0.05, 0) is 35.7 Å². The third kappa shape index (κ3) is 4.78. The molecule has 3 N–H and O–H groups in total. The number of pyridine rings is 3. The molecule has 9 heteroatoms. The van der Waals surface area contributed by atoms with Gasteiger partial charge in [0.25, 0.3) is 11.5 Å². The molecule has 0 atom stereocenters. The summed E-state index contributed by atoms with van der Waals surface area (Å²) in [5, 5.41) is 22.4. The molecule has 3 aromatic heterocycles. The van der Waals surface area contributed by atoms with Crippen molar-refractivity contribution in [1.29, 1.82) is 0 Å². The Morgan fingerprint density at radius 3 is 2.50 bits per heavy atom. The first kappa shape index (κ1) is 22.7. The highest BCUT2D eigenvalue weighted by Gasteiger charge is 2.20. The van der Waals surface area contributed by atoms with Gasteiger partial charge in [-0.2, -0.15) is 0 Å². The lowest BCUT2D eigenvalue weighted by Crippen LogP contribution is -2.27. The molecule has 172 valence electrons. The van der Waals surface area contributed by atoms with Crippen LogP contribution in [-0.4, -0.2) is 43.2 Å². The Morgan fingerprint density at radius 1 is 1.06 bits per heavy atom. The zero-order chi connectivity index (χ0) is 24.1. The van der Waals surface area contributed by atoms with Gasteiger partial charge in [0, 0.05) is 36.4 Å². The number of aliphatic carboxylic acids is 1. The van der Waals surface area contributed by atoms with Crippen LogP contribution in [0.1, 0.15) is 22.5 Å². The molecule has 0 spiro atoms. The van der Waals surface area contributed by atoms with Crippen molar-refractivity contribution >= 4 is 22.8 Å². The fourth-order valence-electron chi connectivity index (χ4n) is 3.70. The molecule has 0 aliphatic heterocycles. The molecule has 0 aliphatic rings. The van der Waals surface area contributed by atoms with Crippen LogP contribution >= 0.6 is 0 Å². The van der Waals surface area contributed by atoms with E-state index in [4.69, 9.17) is 5.11 Å². The summed E-state index contributed by atoms with van der Waals surface area (Å²) >= 11 is 0. The van der Waals surface area contributed by atoms with Crippen molar-refractivity contribution in [3.63, 3.8) is 0 Å². The highest BCUT2D eigenvalue weighted by atomic mass is 16.4.